The zero-order valence-corrected chi connectivity index (χ0v) is 32.2. The van der Waals surface area contributed by atoms with Gasteiger partial charge >= 0.3 is 5.97 Å². The Kier molecular flexibility index (Phi) is 13.9. The molecule has 8 unspecified atom stereocenters. The first-order valence-electron chi connectivity index (χ1n) is 18.7. The molecule has 4 rings (SSSR count). The van der Waals surface area contributed by atoms with E-state index in [0.717, 1.165) is 0 Å². The molecule has 0 spiro atoms. The fraction of sp³-hybridized carbons (Fsp3) is 0.658. The van der Waals surface area contributed by atoms with Gasteiger partial charge in [0.05, 0.1) is 7.11 Å². The van der Waals surface area contributed by atoms with Gasteiger partial charge in [0.15, 0.2) is 0 Å². The highest BCUT2D eigenvalue weighted by Gasteiger charge is 2.45. The Morgan fingerprint density at radius 1 is 0.887 bits per heavy atom. The first kappa shape index (κ1) is 41.1. The molecule has 3 aliphatic heterocycles. The molecule has 0 bridgehead atoms. The lowest BCUT2D eigenvalue weighted by molar-refractivity contribution is -0.163. The number of benzene rings is 1. The molecule has 292 valence electrons. The maximum absolute atomic E-state index is 14.3. The van der Waals surface area contributed by atoms with E-state index in [9.17, 15) is 33.6 Å². The highest BCUT2D eigenvalue weighted by Crippen LogP contribution is 2.26. The van der Waals surface area contributed by atoms with Gasteiger partial charge in [0, 0.05) is 33.5 Å². The van der Waals surface area contributed by atoms with Gasteiger partial charge in [-0.05, 0) is 62.1 Å². The lowest BCUT2D eigenvalue weighted by Crippen LogP contribution is -2.61. The van der Waals surface area contributed by atoms with Crippen molar-refractivity contribution < 1.29 is 43.0 Å². The molecule has 53 heavy (non-hydrogen) atoms. The van der Waals surface area contributed by atoms with Crippen molar-refractivity contribution in [1.82, 2.24) is 30.7 Å². The van der Waals surface area contributed by atoms with Crippen molar-refractivity contribution in [2.75, 3.05) is 27.2 Å². The maximum atomic E-state index is 14.3. The number of carbonyl (C=O) groups is 7. The van der Waals surface area contributed by atoms with Crippen LogP contribution < -0.4 is 20.7 Å². The highest BCUT2D eigenvalue weighted by atomic mass is 16.5. The molecule has 3 saturated heterocycles. The van der Waals surface area contributed by atoms with Crippen LogP contribution in [0.15, 0.2) is 24.3 Å². The van der Waals surface area contributed by atoms with Gasteiger partial charge in [-0.25, -0.2) is 4.79 Å². The van der Waals surface area contributed by atoms with Crippen LogP contribution in [0.1, 0.15) is 79.2 Å². The van der Waals surface area contributed by atoms with Gasteiger partial charge in [-0.2, -0.15) is 0 Å². The van der Waals surface area contributed by atoms with Crippen LogP contribution in [0.2, 0.25) is 0 Å². The van der Waals surface area contributed by atoms with E-state index in [0.29, 0.717) is 43.4 Å². The van der Waals surface area contributed by atoms with Crippen LogP contribution >= 0.6 is 0 Å². The predicted octanol–water partition coefficient (Wildman–Crippen LogP) is 1.17. The Labute approximate surface area is 311 Å². The van der Waals surface area contributed by atoms with Gasteiger partial charge in [-0.1, -0.05) is 46.2 Å². The summed E-state index contributed by atoms with van der Waals surface area (Å²) in [6, 6.07) is 0.551. The van der Waals surface area contributed by atoms with Crippen molar-refractivity contribution >= 4 is 41.4 Å². The van der Waals surface area contributed by atoms with Crippen molar-refractivity contribution in [2.45, 2.75) is 122 Å². The number of hydrogen-bond acceptors (Lipinski definition) is 9. The molecule has 6 amide bonds. The van der Waals surface area contributed by atoms with Gasteiger partial charge < -0.3 is 40.1 Å². The van der Waals surface area contributed by atoms with Crippen LogP contribution in [0.4, 0.5) is 0 Å². The van der Waals surface area contributed by atoms with Gasteiger partial charge in [0.25, 0.3) is 0 Å². The average molecular weight is 741 g/mol. The first-order chi connectivity index (χ1) is 25.1. The van der Waals surface area contributed by atoms with E-state index < -0.39 is 83.8 Å². The molecule has 0 radical (unpaired) electrons. The third kappa shape index (κ3) is 9.46. The van der Waals surface area contributed by atoms with E-state index in [1.807, 2.05) is 13.8 Å². The summed E-state index contributed by atoms with van der Waals surface area (Å²) < 4.78 is 11.2. The minimum atomic E-state index is -1.35. The second-order valence-electron chi connectivity index (χ2n) is 14.8. The lowest BCUT2D eigenvalue weighted by Gasteiger charge is -2.35. The van der Waals surface area contributed by atoms with Crippen molar-refractivity contribution in [2.24, 2.45) is 11.8 Å². The molecule has 3 aliphatic rings. The van der Waals surface area contributed by atoms with Crippen molar-refractivity contribution in [3.63, 3.8) is 0 Å². The monoisotopic (exact) mass is 740 g/mol. The molecule has 15 nitrogen and oxygen atoms in total. The number of methoxy groups -OCH3 is 1. The van der Waals surface area contributed by atoms with Gasteiger partial charge in [-0.3, -0.25) is 28.8 Å². The summed E-state index contributed by atoms with van der Waals surface area (Å²) in [6.45, 7) is 10.5. The van der Waals surface area contributed by atoms with Gasteiger partial charge in [0.1, 0.15) is 48.1 Å². The summed E-state index contributed by atoms with van der Waals surface area (Å²) in [5.74, 6) is -4.09. The second-order valence-corrected chi connectivity index (χ2v) is 14.8. The number of likely N-dealkylation sites (N-methyl/N-ethyl adjacent to an activating group) is 1. The molecular formula is C38H56N6O9. The van der Waals surface area contributed by atoms with Crippen LogP contribution in [-0.4, -0.2) is 126 Å². The Morgan fingerprint density at radius 3 is 2.04 bits per heavy atom. The van der Waals surface area contributed by atoms with Crippen LogP contribution in [0.5, 0.6) is 5.75 Å². The van der Waals surface area contributed by atoms with Gasteiger partial charge in [-0.15, -0.1) is 0 Å². The van der Waals surface area contributed by atoms with Crippen LogP contribution in [0.3, 0.4) is 0 Å². The highest BCUT2D eigenvalue weighted by molar-refractivity contribution is 5.97. The third-order valence-corrected chi connectivity index (χ3v) is 10.8. The first-order valence-corrected chi connectivity index (χ1v) is 18.7. The number of hydrogen-bond donors (Lipinski definition) is 3. The number of esters is 1. The van der Waals surface area contributed by atoms with Crippen molar-refractivity contribution in [1.29, 1.82) is 0 Å². The minimum Gasteiger partial charge on any atom is -0.497 e. The molecule has 15 heteroatoms. The lowest BCUT2D eigenvalue weighted by atomic mass is 9.95. The Hall–Kier alpha value is -4.69. The van der Waals surface area contributed by atoms with Crippen LogP contribution in [-0.2, 0) is 44.7 Å². The molecule has 1 aromatic rings. The fourth-order valence-corrected chi connectivity index (χ4v) is 7.34. The normalized spacial score (nSPS) is 28.6. The number of nitrogens with zero attached hydrogens (tertiary/aromatic N) is 3. The van der Waals surface area contributed by atoms with E-state index in [2.05, 4.69) is 16.0 Å². The Balaban J connectivity index is 1.80. The largest absolute Gasteiger partial charge is 0.497 e. The summed E-state index contributed by atoms with van der Waals surface area (Å²) in [7, 11) is 3.01. The average Bonchev–Trinajstić information content (AvgIpc) is 3.83. The number of carbonyl (C=O) groups excluding carboxylic acids is 7. The summed E-state index contributed by atoms with van der Waals surface area (Å²) in [5, 5.41) is 8.35. The van der Waals surface area contributed by atoms with E-state index >= 15 is 0 Å². The van der Waals surface area contributed by atoms with E-state index in [-0.39, 0.29) is 31.3 Å². The molecule has 0 aliphatic carbocycles. The number of ether oxygens (including phenoxy) is 2. The number of fused-ring (bicyclic) bond motifs is 2. The third-order valence-electron chi connectivity index (χ3n) is 10.8. The number of rotatable bonds is 7. The quantitative estimate of drug-likeness (QED) is 0.346. The van der Waals surface area contributed by atoms with Crippen molar-refractivity contribution in [3.05, 3.63) is 29.8 Å². The molecular weight excluding hydrogens is 684 g/mol. The number of cyclic esters (lactones) is 1. The summed E-state index contributed by atoms with van der Waals surface area (Å²) in [6.07, 6.45) is 1.04. The summed E-state index contributed by atoms with van der Waals surface area (Å²) >= 11 is 0. The summed E-state index contributed by atoms with van der Waals surface area (Å²) in [4.78, 5) is 101. The second kappa shape index (κ2) is 17.9. The molecule has 3 N–H and O–H groups in total. The molecule has 8 atom stereocenters. The van der Waals surface area contributed by atoms with Crippen LogP contribution in [0, 0.1) is 11.8 Å². The zero-order valence-electron chi connectivity index (χ0n) is 32.2. The standard InChI is InChI=1S/C38H56N6O9/c1-9-22(4)31-34(47)40-30(21(2)3)36(49)44-19-11-13-28(44)35(48)42(7)29(20-25-14-16-26(52-8)17-15-25)38(51)53-23(5)32(39-24(6)45)37(50)43-18-10-12-27(43)33(46)41-31/h14-17,21-23,27-32H,9-13,18-20H2,1-8H3,(H,39,45)(H,40,47)(H,41,46). The smallest absolute Gasteiger partial charge is 0.329 e. The molecule has 0 aromatic heterocycles. The van der Waals surface area contributed by atoms with E-state index in [1.165, 1.54) is 42.7 Å². The summed E-state index contributed by atoms with van der Waals surface area (Å²) in [5.41, 5.74) is 0.691. The molecule has 1 aromatic carbocycles. The van der Waals surface area contributed by atoms with Crippen LogP contribution in [0.25, 0.3) is 0 Å². The Bertz CT molecular complexity index is 1530. The zero-order chi connectivity index (χ0) is 39.1. The minimum absolute atomic E-state index is 0.0350. The Morgan fingerprint density at radius 2 is 1.47 bits per heavy atom. The fourth-order valence-electron chi connectivity index (χ4n) is 7.34. The maximum Gasteiger partial charge on any atom is 0.329 e. The molecule has 3 fully saturated rings. The van der Waals surface area contributed by atoms with Gasteiger partial charge in [0.2, 0.25) is 35.4 Å². The topological polar surface area (TPSA) is 184 Å². The van der Waals surface area contributed by atoms with Crippen molar-refractivity contribution in [3.8, 4) is 5.75 Å². The predicted molar refractivity (Wildman–Crippen MR) is 194 cm³/mol. The van der Waals surface area contributed by atoms with E-state index in [4.69, 9.17) is 9.47 Å². The number of nitrogens with one attached hydrogen (secondary N) is 3. The van der Waals surface area contributed by atoms with E-state index in [1.54, 1.807) is 38.1 Å². The molecule has 0 saturated carbocycles. The SMILES string of the molecule is CCC(C)C1NC(=O)C2CCCN2C(=O)C(NC(C)=O)C(C)OC(=O)C(Cc2ccc(OC)cc2)N(C)C(=O)C2CCCN2C(=O)C(C(C)C)NC1=O. The molecule has 3 heterocycles. The number of amides is 6.